The maximum absolute atomic E-state index is 11.8. The maximum atomic E-state index is 11.8. The number of nitrogens with one attached hydrogen (secondary N) is 1. The van der Waals surface area contributed by atoms with Crippen LogP contribution in [0.25, 0.3) is 0 Å². The molecule has 1 aromatic carbocycles. The zero-order chi connectivity index (χ0) is 13.7. The molecule has 0 spiro atoms. The minimum absolute atomic E-state index is 0.00524. The highest BCUT2D eigenvalue weighted by molar-refractivity contribution is 5.81. The van der Waals surface area contributed by atoms with E-state index < -0.39 is 0 Å². The Kier molecular flexibility index (Phi) is 4.97. The molecule has 1 atom stereocenters. The molecule has 1 aliphatic rings. The van der Waals surface area contributed by atoms with Crippen LogP contribution in [0.15, 0.2) is 30.3 Å². The summed E-state index contributed by atoms with van der Waals surface area (Å²) in [6, 6.07) is 10.6. The van der Waals surface area contributed by atoms with Gasteiger partial charge in [0.25, 0.3) is 0 Å². The van der Waals surface area contributed by atoms with Gasteiger partial charge in [-0.15, -0.1) is 0 Å². The lowest BCUT2D eigenvalue weighted by Crippen LogP contribution is -2.46. The number of carbonyl (C=O) groups excluding carboxylic acids is 1. The van der Waals surface area contributed by atoms with Gasteiger partial charge in [0, 0.05) is 6.04 Å². The Labute approximate surface area is 115 Å². The molecule has 3 nitrogen and oxygen atoms in total. The van der Waals surface area contributed by atoms with Gasteiger partial charge in [-0.2, -0.15) is 0 Å². The molecule has 1 saturated carbocycles. The van der Waals surface area contributed by atoms with E-state index in [1.165, 1.54) is 5.56 Å². The lowest BCUT2D eigenvalue weighted by atomic mass is 9.81. The standard InChI is InChI=1S/C16H24N2O/c1-2-15(17)16(19)18-14-10-8-13(9-11-14)12-6-4-3-5-7-12/h3-7,13-15H,2,8-11,17H2,1H3,(H,18,19)/t13?,14?,15-/m0/s1. The molecule has 2 rings (SSSR count). The molecule has 1 fully saturated rings. The van der Waals surface area contributed by atoms with Crippen LogP contribution in [0.4, 0.5) is 0 Å². The van der Waals surface area contributed by atoms with E-state index in [-0.39, 0.29) is 11.9 Å². The number of nitrogens with two attached hydrogens (primary N) is 1. The van der Waals surface area contributed by atoms with Gasteiger partial charge in [0.1, 0.15) is 0 Å². The summed E-state index contributed by atoms with van der Waals surface area (Å²) in [7, 11) is 0. The van der Waals surface area contributed by atoms with E-state index in [0.717, 1.165) is 25.7 Å². The van der Waals surface area contributed by atoms with Crippen molar-refractivity contribution in [3.05, 3.63) is 35.9 Å². The summed E-state index contributed by atoms with van der Waals surface area (Å²) in [5, 5.41) is 3.08. The van der Waals surface area contributed by atoms with Crippen LogP contribution in [0, 0.1) is 0 Å². The molecule has 0 heterocycles. The van der Waals surface area contributed by atoms with E-state index >= 15 is 0 Å². The predicted molar refractivity (Wildman–Crippen MR) is 77.8 cm³/mol. The van der Waals surface area contributed by atoms with Crippen LogP contribution < -0.4 is 11.1 Å². The van der Waals surface area contributed by atoms with E-state index in [9.17, 15) is 4.79 Å². The van der Waals surface area contributed by atoms with Crippen LogP contribution in [0.1, 0.15) is 50.5 Å². The molecule has 1 aromatic rings. The molecule has 0 unspecified atom stereocenters. The molecule has 19 heavy (non-hydrogen) atoms. The number of hydrogen-bond acceptors (Lipinski definition) is 2. The summed E-state index contributed by atoms with van der Waals surface area (Å²) in [6.45, 7) is 1.94. The number of rotatable bonds is 4. The molecule has 104 valence electrons. The highest BCUT2D eigenvalue weighted by Gasteiger charge is 2.24. The zero-order valence-electron chi connectivity index (χ0n) is 11.6. The van der Waals surface area contributed by atoms with Gasteiger partial charge in [-0.3, -0.25) is 4.79 Å². The van der Waals surface area contributed by atoms with Gasteiger partial charge in [-0.25, -0.2) is 0 Å². The summed E-state index contributed by atoms with van der Waals surface area (Å²) in [6.07, 6.45) is 5.11. The minimum atomic E-state index is -0.355. The Morgan fingerprint density at radius 3 is 2.47 bits per heavy atom. The minimum Gasteiger partial charge on any atom is -0.352 e. The van der Waals surface area contributed by atoms with Crippen LogP contribution in [0.3, 0.4) is 0 Å². The Bertz CT molecular complexity index is 396. The second kappa shape index (κ2) is 6.71. The van der Waals surface area contributed by atoms with Crippen molar-refractivity contribution in [2.45, 2.75) is 57.0 Å². The van der Waals surface area contributed by atoms with Crippen molar-refractivity contribution in [1.29, 1.82) is 0 Å². The molecule has 0 aromatic heterocycles. The third-order valence-electron chi connectivity index (χ3n) is 4.12. The second-order valence-corrected chi connectivity index (χ2v) is 5.48. The third-order valence-corrected chi connectivity index (χ3v) is 4.12. The summed E-state index contributed by atoms with van der Waals surface area (Å²) < 4.78 is 0. The zero-order valence-corrected chi connectivity index (χ0v) is 11.6. The first-order valence-electron chi connectivity index (χ1n) is 7.31. The number of benzene rings is 1. The fourth-order valence-electron chi connectivity index (χ4n) is 2.79. The van der Waals surface area contributed by atoms with Crippen molar-refractivity contribution in [3.8, 4) is 0 Å². The van der Waals surface area contributed by atoms with Crippen LogP contribution in [0.5, 0.6) is 0 Å². The van der Waals surface area contributed by atoms with Crippen LogP contribution in [-0.2, 0) is 4.79 Å². The van der Waals surface area contributed by atoms with Crippen LogP contribution in [0.2, 0.25) is 0 Å². The highest BCUT2D eigenvalue weighted by Crippen LogP contribution is 2.32. The van der Waals surface area contributed by atoms with Gasteiger partial charge >= 0.3 is 0 Å². The third kappa shape index (κ3) is 3.80. The fourth-order valence-corrected chi connectivity index (χ4v) is 2.79. The molecule has 0 radical (unpaired) electrons. The number of hydrogen-bond donors (Lipinski definition) is 2. The predicted octanol–water partition coefficient (Wildman–Crippen LogP) is 2.57. The Hall–Kier alpha value is -1.35. The average Bonchev–Trinajstić information content (AvgIpc) is 2.48. The van der Waals surface area contributed by atoms with E-state index in [0.29, 0.717) is 18.4 Å². The molecule has 3 N–H and O–H groups in total. The smallest absolute Gasteiger partial charge is 0.237 e. The first kappa shape index (κ1) is 14.1. The molecular weight excluding hydrogens is 236 g/mol. The Morgan fingerprint density at radius 1 is 1.26 bits per heavy atom. The largest absolute Gasteiger partial charge is 0.352 e. The van der Waals surface area contributed by atoms with E-state index in [2.05, 4.69) is 35.6 Å². The number of amides is 1. The Morgan fingerprint density at radius 2 is 1.89 bits per heavy atom. The number of carbonyl (C=O) groups is 1. The molecule has 0 saturated heterocycles. The molecule has 1 amide bonds. The lowest BCUT2D eigenvalue weighted by Gasteiger charge is -2.30. The quantitative estimate of drug-likeness (QED) is 0.874. The van der Waals surface area contributed by atoms with Crippen molar-refractivity contribution in [2.24, 2.45) is 5.73 Å². The van der Waals surface area contributed by atoms with Crippen LogP contribution in [-0.4, -0.2) is 18.0 Å². The van der Waals surface area contributed by atoms with Crippen LogP contribution >= 0.6 is 0 Å². The van der Waals surface area contributed by atoms with Crippen molar-refractivity contribution in [3.63, 3.8) is 0 Å². The SMILES string of the molecule is CC[C@H](N)C(=O)NC1CCC(c2ccccc2)CC1. The highest BCUT2D eigenvalue weighted by atomic mass is 16.2. The Balaban J connectivity index is 1.81. The van der Waals surface area contributed by atoms with Gasteiger partial charge in [0.05, 0.1) is 6.04 Å². The van der Waals surface area contributed by atoms with Crippen molar-refractivity contribution in [2.75, 3.05) is 0 Å². The second-order valence-electron chi connectivity index (χ2n) is 5.48. The monoisotopic (exact) mass is 260 g/mol. The molecule has 3 heteroatoms. The van der Waals surface area contributed by atoms with E-state index in [1.54, 1.807) is 0 Å². The summed E-state index contributed by atoms with van der Waals surface area (Å²) in [5.41, 5.74) is 7.17. The molecule has 0 aliphatic heterocycles. The van der Waals surface area contributed by atoms with Crippen molar-refractivity contribution in [1.82, 2.24) is 5.32 Å². The van der Waals surface area contributed by atoms with Crippen molar-refractivity contribution >= 4 is 5.91 Å². The van der Waals surface area contributed by atoms with E-state index in [1.807, 2.05) is 6.92 Å². The topological polar surface area (TPSA) is 55.1 Å². The summed E-state index contributed by atoms with van der Waals surface area (Å²) >= 11 is 0. The molecular formula is C16H24N2O. The summed E-state index contributed by atoms with van der Waals surface area (Å²) in [5.74, 6) is 0.653. The summed E-state index contributed by atoms with van der Waals surface area (Å²) in [4.78, 5) is 11.8. The van der Waals surface area contributed by atoms with Gasteiger partial charge in [0.2, 0.25) is 5.91 Å². The van der Waals surface area contributed by atoms with Crippen molar-refractivity contribution < 1.29 is 4.79 Å². The normalized spacial score (nSPS) is 24.7. The van der Waals surface area contributed by atoms with Gasteiger partial charge in [-0.1, -0.05) is 37.3 Å². The van der Waals surface area contributed by atoms with Gasteiger partial charge in [0.15, 0.2) is 0 Å². The first-order valence-corrected chi connectivity index (χ1v) is 7.31. The van der Waals surface area contributed by atoms with Gasteiger partial charge < -0.3 is 11.1 Å². The van der Waals surface area contributed by atoms with E-state index in [4.69, 9.17) is 5.73 Å². The lowest BCUT2D eigenvalue weighted by molar-refractivity contribution is -0.123. The average molecular weight is 260 g/mol. The molecule has 1 aliphatic carbocycles. The maximum Gasteiger partial charge on any atom is 0.237 e. The first-order chi connectivity index (χ1) is 9.20. The molecule has 0 bridgehead atoms. The van der Waals surface area contributed by atoms with Gasteiger partial charge in [-0.05, 0) is 43.6 Å². The fraction of sp³-hybridized carbons (Fsp3) is 0.562.